The van der Waals surface area contributed by atoms with E-state index in [9.17, 15) is 4.39 Å². The quantitative estimate of drug-likeness (QED) is 0.443. The molecule has 0 aliphatic heterocycles. The Bertz CT molecular complexity index is 1150. The molecule has 0 saturated heterocycles. The van der Waals surface area contributed by atoms with E-state index in [0.717, 1.165) is 47.0 Å². The van der Waals surface area contributed by atoms with Gasteiger partial charge in [-0.1, -0.05) is 0 Å². The molecule has 1 aliphatic carbocycles. The molecule has 1 saturated carbocycles. The Labute approximate surface area is 170 Å². The maximum Gasteiger partial charge on any atom is 0.123 e. The molecule has 148 valence electrons. The van der Waals surface area contributed by atoms with Crippen molar-refractivity contribution < 1.29 is 4.39 Å². The predicted octanol–water partition coefficient (Wildman–Crippen LogP) is 6.38. The zero-order valence-electron chi connectivity index (χ0n) is 17.0. The van der Waals surface area contributed by atoms with Crippen molar-refractivity contribution in [3.05, 3.63) is 70.9 Å². The Balaban J connectivity index is 1.30. The third-order valence-corrected chi connectivity index (χ3v) is 6.65. The van der Waals surface area contributed by atoms with Gasteiger partial charge >= 0.3 is 0 Å². The van der Waals surface area contributed by atoms with E-state index in [4.69, 9.17) is 4.98 Å². The summed E-state index contributed by atoms with van der Waals surface area (Å²) in [4.78, 5) is 12.8. The topological polar surface area (TPSA) is 41.6 Å². The number of pyridine rings is 1. The van der Waals surface area contributed by atoms with E-state index in [1.54, 1.807) is 12.1 Å². The maximum absolute atomic E-state index is 13.8. The van der Waals surface area contributed by atoms with Gasteiger partial charge in [0.2, 0.25) is 0 Å². The third-order valence-electron chi connectivity index (χ3n) is 6.65. The molecule has 4 heteroatoms. The number of fused-ring (bicyclic) bond motifs is 2. The normalized spacial score (nSPS) is 19.8. The van der Waals surface area contributed by atoms with Gasteiger partial charge in [-0.15, -0.1) is 0 Å². The van der Waals surface area contributed by atoms with E-state index in [0.29, 0.717) is 11.8 Å². The minimum atomic E-state index is -0.184. The molecule has 0 bridgehead atoms. The second-order valence-corrected chi connectivity index (χ2v) is 8.62. The summed E-state index contributed by atoms with van der Waals surface area (Å²) in [6.07, 6.45) is 7.50. The van der Waals surface area contributed by atoms with Crippen LogP contribution in [0.25, 0.3) is 21.9 Å². The fourth-order valence-electron chi connectivity index (χ4n) is 4.87. The van der Waals surface area contributed by atoms with E-state index >= 15 is 0 Å². The standard InChI is InChI=1S/C25H26FN3/c1-15-11-23-24(12-16(15)2)29-25(28-23)13-17-3-5-18(6-4-17)20-9-10-27-22-8-7-19(26)14-21(20)22/h7-12,14,17-18H,3-6,13H2,1-2H3,(H,28,29)/t17-,18+. The smallest absolute Gasteiger partial charge is 0.123 e. The number of halogens is 1. The zero-order valence-corrected chi connectivity index (χ0v) is 17.0. The first-order valence-electron chi connectivity index (χ1n) is 10.6. The number of benzene rings is 2. The Hall–Kier alpha value is -2.75. The minimum Gasteiger partial charge on any atom is -0.342 e. The molecule has 29 heavy (non-hydrogen) atoms. The molecule has 0 spiro atoms. The van der Waals surface area contributed by atoms with Crippen LogP contribution in [0.5, 0.6) is 0 Å². The lowest BCUT2D eigenvalue weighted by Gasteiger charge is -2.29. The number of rotatable bonds is 3. The van der Waals surface area contributed by atoms with Crippen molar-refractivity contribution in [1.82, 2.24) is 15.0 Å². The SMILES string of the molecule is Cc1cc2nc(C[C@H]3CC[C@@H](c4ccnc5ccc(F)cc54)CC3)[nH]c2cc1C. The Morgan fingerprint density at radius 2 is 1.76 bits per heavy atom. The van der Waals surface area contributed by atoms with Crippen LogP contribution in [0.1, 0.15) is 54.1 Å². The van der Waals surface area contributed by atoms with Crippen molar-refractivity contribution in [2.24, 2.45) is 5.92 Å². The van der Waals surface area contributed by atoms with Crippen LogP contribution in [0.3, 0.4) is 0 Å². The van der Waals surface area contributed by atoms with Crippen molar-refractivity contribution in [2.75, 3.05) is 0 Å². The summed E-state index contributed by atoms with van der Waals surface area (Å²) in [5.74, 6) is 2.05. The number of imidazole rings is 1. The van der Waals surface area contributed by atoms with Gasteiger partial charge in [-0.2, -0.15) is 0 Å². The number of nitrogens with zero attached hydrogens (tertiary/aromatic N) is 2. The van der Waals surface area contributed by atoms with Crippen molar-refractivity contribution in [3.63, 3.8) is 0 Å². The average Bonchev–Trinajstić information content (AvgIpc) is 3.09. The largest absolute Gasteiger partial charge is 0.342 e. The van der Waals surface area contributed by atoms with E-state index in [-0.39, 0.29) is 5.82 Å². The molecule has 4 aromatic rings. The second-order valence-electron chi connectivity index (χ2n) is 8.62. The highest BCUT2D eigenvalue weighted by Gasteiger charge is 2.25. The number of nitrogens with one attached hydrogen (secondary N) is 1. The van der Waals surface area contributed by atoms with Gasteiger partial charge in [-0.3, -0.25) is 4.98 Å². The van der Waals surface area contributed by atoms with Crippen molar-refractivity contribution in [3.8, 4) is 0 Å². The lowest BCUT2D eigenvalue weighted by atomic mass is 9.77. The first-order chi connectivity index (χ1) is 14.1. The number of hydrogen-bond donors (Lipinski definition) is 1. The van der Waals surface area contributed by atoms with E-state index in [1.807, 2.05) is 6.20 Å². The number of H-pyrrole nitrogens is 1. The molecule has 0 atom stereocenters. The van der Waals surface area contributed by atoms with Gasteiger partial charge in [-0.25, -0.2) is 9.37 Å². The maximum atomic E-state index is 13.8. The van der Waals surface area contributed by atoms with E-state index < -0.39 is 0 Å². The van der Waals surface area contributed by atoms with Crippen LogP contribution >= 0.6 is 0 Å². The van der Waals surface area contributed by atoms with Gasteiger partial charge in [0, 0.05) is 18.0 Å². The van der Waals surface area contributed by atoms with Crippen molar-refractivity contribution in [2.45, 2.75) is 51.9 Å². The van der Waals surface area contributed by atoms with E-state index in [2.05, 4.69) is 42.0 Å². The highest BCUT2D eigenvalue weighted by molar-refractivity contribution is 5.82. The highest BCUT2D eigenvalue weighted by Crippen LogP contribution is 2.39. The highest BCUT2D eigenvalue weighted by atomic mass is 19.1. The molecule has 2 aromatic carbocycles. The van der Waals surface area contributed by atoms with Gasteiger partial charge in [0.15, 0.2) is 0 Å². The minimum absolute atomic E-state index is 0.184. The molecule has 2 heterocycles. The molecule has 5 rings (SSSR count). The summed E-state index contributed by atoms with van der Waals surface area (Å²) >= 11 is 0. The van der Waals surface area contributed by atoms with Crippen LogP contribution in [0.15, 0.2) is 42.6 Å². The van der Waals surface area contributed by atoms with Crippen LogP contribution in [0.2, 0.25) is 0 Å². The molecular formula is C25H26FN3. The number of hydrogen-bond acceptors (Lipinski definition) is 2. The average molecular weight is 388 g/mol. The first kappa shape index (κ1) is 18.3. The van der Waals surface area contributed by atoms with Crippen LogP contribution in [0, 0.1) is 25.6 Å². The summed E-state index contributed by atoms with van der Waals surface area (Å²) in [5, 5.41) is 0.971. The molecule has 1 aliphatic rings. The predicted molar refractivity (Wildman–Crippen MR) is 116 cm³/mol. The Morgan fingerprint density at radius 1 is 0.966 bits per heavy atom. The molecule has 2 aromatic heterocycles. The van der Waals surface area contributed by atoms with Crippen LogP contribution in [-0.4, -0.2) is 15.0 Å². The third kappa shape index (κ3) is 3.52. The van der Waals surface area contributed by atoms with Crippen molar-refractivity contribution in [1.29, 1.82) is 0 Å². The summed E-state index contributed by atoms with van der Waals surface area (Å²) < 4.78 is 13.8. The van der Waals surface area contributed by atoms with Gasteiger partial charge in [-0.05, 0) is 104 Å². The van der Waals surface area contributed by atoms with Crippen molar-refractivity contribution >= 4 is 21.9 Å². The Kier molecular flexibility index (Phi) is 4.57. The summed E-state index contributed by atoms with van der Waals surface area (Å²) in [6, 6.07) is 11.4. The van der Waals surface area contributed by atoms with Gasteiger partial charge in [0.1, 0.15) is 11.6 Å². The van der Waals surface area contributed by atoms with Crippen LogP contribution in [0.4, 0.5) is 4.39 Å². The lowest BCUT2D eigenvalue weighted by molar-refractivity contribution is 0.322. The second kappa shape index (κ2) is 7.25. The summed E-state index contributed by atoms with van der Waals surface area (Å²) in [5.41, 5.74) is 6.94. The first-order valence-corrected chi connectivity index (χ1v) is 10.6. The van der Waals surface area contributed by atoms with Crippen LogP contribution < -0.4 is 0 Å². The zero-order chi connectivity index (χ0) is 20.0. The lowest BCUT2D eigenvalue weighted by Crippen LogP contribution is -2.16. The molecule has 0 unspecified atom stereocenters. The van der Waals surface area contributed by atoms with Gasteiger partial charge in [0.05, 0.1) is 16.6 Å². The number of aromatic amines is 1. The molecule has 1 N–H and O–H groups in total. The Morgan fingerprint density at radius 3 is 2.59 bits per heavy atom. The van der Waals surface area contributed by atoms with Gasteiger partial charge < -0.3 is 4.98 Å². The summed E-state index contributed by atoms with van der Waals surface area (Å²) in [7, 11) is 0. The molecule has 3 nitrogen and oxygen atoms in total. The molecule has 1 fully saturated rings. The molecule has 0 amide bonds. The van der Waals surface area contributed by atoms with E-state index in [1.165, 1.54) is 35.6 Å². The number of aryl methyl sites for hydroxylation is 2. The van der Waals surface area contributed by atoms with Crippen LogP contribution in [-0.2, 0) is 6.42 Å². The molecular weight excluding hydrogens is 361 g/mol. The fraction of sp³-hybridized carbons (Fsp3) is 0.360. The van der Waals surface area contributed by atoms with Gasteiger partial charge in [0.25, 0.3) is 0 Å². The number of aromatic nitrogens is 3. The fourth-order valence-corrected chi connectivity index (χ4v) is 4.87. The molecule has 0 radical (unpaired) electrons. The summed E-state index contributed by atoms with van der Waals surface area (Å²) in [6.45, 7) is 4.28. The monoisotopic (exact) mass is 387 g/mol.